The summed E-state index contributed by atoms with van der Waals surface area (Å²) in [5, 5.41) is 8.26. The van der Waals surface area contributed by atoms with Gasteiger partial charge < -0.3 is 9.73 Å². The van der Waals surface area contributed by atoms with Crippen molar-refractivity contribution in [2.75, 3.05) is 5.32 Å². The van der Waals surface area contributed by atoms with Gasteiger partial charge in [-0.1, -0.05) is 19.1 Å². The van der Waals surface area contributed by atoms with Crippen molar-refractivity contribution in [1.29, 1.82) is 0 Å². The number of para-hydroxylation sites is 1. The quantitative estimate of drug-likeness (QED) is 0.790. The smallest absolute Gasteiger partial charge is 0.225 e. The van der Waals surface area contributed by atoms with E-state index in [1.165, 1.54) is 0 Å². The van der Waals surface area contributed by atoms with Crippen LogP contribution in [-0.2, 0) is 4.79 Å². The first-order valence-corrected chi connectivity index (χ1v) is 6.60. The minimum absolute atomic E-state index is 0.0184. The molecule has 20 heavy (non-hydrogen) atoms. The van der Waals surface area contributed by atoms with Crippen LogP contribution in [0.1, 0.15) is 19.8 Å². The fraction of sp³-hybridized carbons (Fsp3) is 0.200. The molecule has 0 aliphatic rings. The van der Waals surface area contributed by atoms with Crippen molar-refractivity contribution in [3.8, 4) is 5.69 Å². The molecule has 5 heteroatoms. The molecule has 0 radical (unpaired) electrons. The van der Waals surface area contributed by atoms with Gasteiger partial charge in [0.2, 0.25) is 5.91 Å². The molecule has 2 heterocycles. The number of hydrogen-bond acceptors (Lipinski definition) is 3. The van der Waals surface area contributed by atoms with Crippen LogP contribution < -0.4 is 5.32 Å². The number of anilines is 1. The molecule has 0 saturated carbocycles. The zero-order chi connectivity index (χ0) is 13.9. The Balaban J connectivity index is 2.07. The maximum absolute atomic E-state index is 11.8. The normalized spacial score (nSPS) is 10.8. The van der Waals surface area contributed by atoms with E-state index in [-0.39, 0.29) is 5.91 Å². The first-order valence-electron chi connectivity index (χ1n) is 6.60. The minimum Gasteiger partial charge on any atom is -0.470 e. The molecule has 0 aliphatic heterocycles. The lowest BCUT2D eigenvalue weighted by Crippen LogP contribution is -2.11. The maximum Gasteiger partial charge on any atom is 0.225 e. The van der Waals surface area contributed by atoms with Crippen LogP contribution in [0.5, 0.6) is 0 Å². The number of nitrogens with one attached hydrogen (secondary N) is 1. The van der Waals surface area contributed by atoms with E-state index in [1.807, 2.05) is 37.3 Å². The fourth-order valence-electron chi connectivity index (χ4n) is 2.15. The van der Waals surface area contributed by atoms with Gasteiger partial charge in [-0.3, -0.25) is 4.79 Å². The molecule has 2 aromatic heterocycles. The largest absolute Gasteiger partial charge is 0.470 e. The van der Waals surface area contributed by atoms with Gasteiger partial charge in [-0.05, 0) is 18.6 Å². The van der Waals surface area contributed by atoms with Crippen molar-refractivity contribution in [1.82, 2.24) is 9.78 Å². The van der Waals surface area contributed by atoms with Gasteiger partial charge in [-0.15, -0.1) is 5.10 Å². The molecule has 0 spiro atoms. The number of furan rings is 1. The summed E-state index contributed by atoms with van der Waals surface area (Å²) in [5.41, 5.74) is 1.76. The van der Waals surface area contributed by atoms with E-state index in [0.717, 1.165) is 23.0 Å². The van der Waals surface area contributed by atoms with Crippen molar-refractivity contribution in [3.63, 3.8) is 0 Å². The number of benzene rings is 1. The number of hydrogen-bond donors (Lipinski definition) is 1. The minimum atomic E-state index is -0.0184. The van der Waals surface area contributed by atoms with Crippen molar-refractivity contribution in [3.05, 3.63) is 42.9 Å². The number of amides is 1. The molecule has 1 N–H and O–H groups in total. The first kappa shape index (κ1) is 12.5. The molecule has 3 aromatic rings. The summed E-state index contributed by atoms with van der Waals surface area (Å²) in [6, 6.07) is 9.61. The molecular formula is C15H15N3O2. The highest BCUT2D eigenvalue weighted by Gasteiger charge is 2.13. The maximum atomic E-state index is 11.8. The van der Waals surface area contributed by atoms with Crippen LogP contribution in [0, 0.1) is 0 Å². The number of carbonyl (C=O) groups excluding carboxylic acids is 1. The summed E-state index contributed by atoms with van der Waals surface area (Å²) in [6.07, 6.45) is 4.53. The van der Waals surface area contributed by atoms with Gasteiger partial charge in [-0.25, -0.2) is 4.68 Å². The molecule has 0 saturated heterocycles. The third-order valence-electron chi connectivity index (χ3n) is 3.07. The highest BCUT2D eigenvalue weighted by Crippen LogP contribution is 2.25. The Hall–Kier alpha value is -2.56. The lowest BCUT2D eigenvalue weighted by atomic mass is 10.2. The topological polar surface area (TPSA) is 60.1 Å². The molecule has 5 nitrogen and oxygen atoms in total. The second-order valence-corrected chi connectivity index (χ2v) is 4.56. The average Bonchev–Trinajstić information content (AvgIpc) is 3.07. The zero-order valence-electron chi connectivity index (χ0n) is 11.2. The summed E-state index contributed by atoms with van der Waals surface area (Å²) in [5.74, 6) is 0.565. The Morgan fingerprint density at radius 1 is 1.35 bits per heavy atom. The van der Waals surface area contributed by atoms with Gasteiger partial charge >= 0.3 is 0 Å². The summed E-state index contributed by atoms with van der Waals surface area (Å²) < 4.78 is 6.86. The van der Waals surface area contributed by atoms with Crippen molar-refractivity contribution in [2.45, 2.75) is 19.8 Å². The van der Waals surface area contributed by atoms with E-state index < -0.39 is 0 Å². The van der Waals surface area contributed by atoms with Gasteiger partial charge in [0.15, 0.2) is 5.82 Å². The molecule has 0 unspecified atom stereocenters. The predicted octanol–water partition coefficient (Wildman–Crippen LogP) is 3.36. The van der Waals surface area contributed by atoms with Gasteiger partial charge in [0.1, 0.15) is 12.0 Å². The van der Waals surface area contributed by atoms with E-state index in [0.29, 0.717) is 12.2 Å². The van der Waals surface area contributed by atoms with Crippen LogP contribution in [0.4, 0.5) is 5.82 Å². The monoisotopic (exact) mass is 269 g/mol. The number of aromatic nitrogens is 2. The fourth-order valence-corrected chi connectivity index (χ4v) is 2.15. The van der Waals surface area contributed by atoms with Crippen LogP contribution in [0.25, 0.3) is 16.6 Å². The Morgan fingerprint density at radius 3 is 2.95 bits per heavy atom. The van der Waals surface area contributed by atoms with E-state index >= 15 is 0 Å². The van der Waals surface area contributed by atoms with Gasteiger partial charge in [0.25, 0.3) is 0 Å². The molecule has 1 aromatic carbocycles. The van der Waals surface area contributed by atoms with Crippen molar-refractivity contribution >= 4 is 22.6 Å². The molecule has 0 bridgehead atoms. The molecule has 3 rings (SSSR count). The summed E-state index contributed by atoms with van der Waals surface area (Å²) in [4.78, 5) is 11.8. The summed E-state index contributed by atoms with van der Waals surface area (Å²) >= 11 is 0. The molecule has 0 atom stereocenters. The van der Waals surface area contributed by atoms with E-state index in [4.69, 9.17) is 4.42 Å². The van der Waals surface area contributed by atoms with Gasteiger partial charge in [-0.2, -0.15) is 0 Å². The first-order chi connectivity index (χ1) is 9.79. The Bertz CT molecular complexity index is 729. The zero-order valence-corrected chi connectivity index (χ0v) is 11.2. The molecule has 0 fully saturated rings. The Kier molecular flexibility index (Phi) is 3.25. The molecular weight excluding hydrogens is 254 g/mol. The predicted molar refractivity (Wildman–Crippen MR) is 76.9 cm³/mol. The highest BCUT2D eigenvalue weighted by molar-refractivity contribution is 6.00. The third kappa shape index (κ3) is 2.18. The second-order valence-electron chi connectivity index (χ2n) is 4.56. The average molecular weight is 269 g/mol. The molecule has 102 valence electrons. The summed E-state index contributed by atoms with van der Waals surface area (Å²) in [7, 11) is 0. The third-order valence-corrected chi connectivity index (χ3v) is 3.07. The van der Waals surface area contributed by atoms with Crippen LogP contribution in [0.3, 0.4) is 0 Å². The van der Waals surface area contributed by atoms with Crippen molar-refractivity contribution in [2.24, 2.45) is 0 Å². The second kappa shape index (κ2) is 5.21. The number of rotatable bonds is 4. The SMILES string of the molecule is CCCC(=O)Nc1nn(-c2ccoc2)c2ccccc12. The lowest BCUT2D eigenvalue weighted by molar-refractivity contribution is -0.116. The Morgan fingerprint density at radius 2 is 2.20 bits per heavy atom. The van der Waals surface area contributed by atoms with Crippen LogP contribution in [0.15, 0.2) is 47.3 Å². The number of carbonyl (C=O) groups is 1. The van der Waals surface area contributed by atoms with Crippen LogP contribution >= 0.6 is 0 Å². The lowest BCUT2D eigenvalue weighted by Gasteiger charge is -2.00. The number of fused-ring (bicyclic) bond motifs is 1. The number of nitrogens with zero attached hydrogens (tertiary/aromatic N) is 2. The molecule has 1 amide bonds. The van der Waals surface area contributed by atoms with Crippen LogP contribution in [-0.4, -0.2) is 15.7 Å². The standard InChI is InChI=1S/C15H15N3O2/c1-2-5-14(19)16-15-12-6-3-4-7-13(12)18(17-15)11-8-9-20-10-11/h3-4,6-10H,2,5H2,1H3,(H,16,17,19). The molecule has 0 aliphatic carbocycles. The van der Waals surface area contributed by atoms with E-state index in [2.05, 4.69) is 10.4 Å². The Labute approximate surface area is 116 Å². The summed E-state index contributed by atoms with van der Waals surface area (Å²) in [6.45, 7) is 1.97. The highest BCUT2D eigenvalue weighted by atomic mass is 16.3. The van der Waals surface area contributed by atoms with Crippen LogP contribution in [0.2, 0.25) is 0 Å². The van der Waals surface area contributed by atoms with Crippen molar-refractivity contribution < 1.29 is 9.21 Å². The van der Waals surface area contributed by atoms with E-state index in [9.17, 15) is 4.79 Å². The van der Waals surface area contributed by atoms with Gasteiger partial charge in [0.05, 0.1) is 11.8 Å². The van der Waals surface area contributed by atoms with E-state index in [1.54, 1.807) is 17.2 Å². The van der Waals surface area contributed by atoms with Gasteiger partial charge in [0, 0.05) is 17.9 Å².